The van der Waals surface area contributed by atoms with Gasteiger partial charge in [0.1, 0.15) is 0 Å². The molecule has 1 rings (SSSR count). The highest BCUT2D eigenvalue weighted by molar-refractivity contribution is 9.13. The second-order valence-corrected chi connectivity index (χ2v) is 5.12. The van der Waals surface area contributed by atoms with E-state index in [0.717, 1.165) is 14.7 Å². The van der Waals surface area contributed by atoms with Gasteiger partial charge in [0.25, 0.3) is 0 Å². The predicted molar refractivity (Wildman–Crippen MR) is 50.5 cm³/mol. The Bertz CT molecular complexity index is 202. The van der Waals surface area contributed by atoms with Gasteiger partial charge in [0.15, 0.2) is 0 Å². The number of halogens is 2. The first-order valence-electron chi connectivity index (χ1n) is 2.78. The van der Waals surface area contributed by atoms with Crippen molar-refractivity contribution in [3.8, 4) is 0 Å². The Morgan fingerprint density at radius 1 is 1.50 bits per heavy atom. The average molecular weight is 286 g/mol. The minimum absolute atomic E-state index is 0.222. The van der Waals surface area contributed by atoms with Gasteiger partial charge in [-0.25, -0.2) is 0 Å². The molecule has 0 fully saturated rings. The Morgan fingerprint density at radius 2 is 2.20 bits per heavy atom. The van der Waals surface area contributed by atoms with Gasteiger partial charge in [0.2, 0.25) is 0 Å². The number of thiophene rings is 1. The van der Waals surface area contributed by atoms with E-state index in [-0.39, 0.29) is 6.61 Å². The van der Waals surface area contributed by atoms with Gasteiger partial charge >= 0.3 is 0 Å². The van der Waals surface area contributed by atoms with Crippen LogP contribution in [0.4, 0.5) is 0 Å². The molecule has 4 heteroatoms. The van der Waals surface area contributed by atoms with Crippen LogP contribution in [-0.2, 0) is 6.42 Å². The standard InChI is InChI=1S/C6H6Br2OS/c7-5-3-4(1-2-9)10-6(5)8/h3,9H,1-2H2. The van der Waals surface area contributed by atoms with Crippen LogP contribution in [0, 0.1) is 0 Å². The van der Waals surface area contributed by atoms with Crippen molar-refractivity contribution in [2.45, 2.75) is 6.42 Å². The first-order chi connectivity index (χ1) is 4.74. The van der Waals surface area contributed by atoms with E-state index in [4.69, 9.17) is 5.11 Å². The van der Waals surface area contributed by atoms with Gasteiger partial charge in [-0.15, -0.1) is 11.3 Å². The molecule has 0 saturated heterocycles. The van der Waals surface area contributed by atoms with Gasteiger partial charge in [-0.1, -0.05) is 0 Å². The van der Waals surface area contributed by atoms with Crippen LogP contribution in [0.2, 0.25) is 0 Å². The van der Waals surface area contributed by atoms with Crippen molar-refractivity contribution in [2.75, 3.05) is 6.61 Å². The van der Waals surface area contributed by atoms with Crippen molar-refractivity contribution in [3.05, 3.63) is 19.2 Å². The minimum atomic E-state index is 0.222. The maximum Gasteiger partial charge on any atom is 0.0843 e. The zero-order valence-corrected chi connectivity index (χ0v) is 9.09. The summed E-state index contributed by atoms with van der Waals surface area (Å²) < 4.78 is 2.16. The van der Waals surface area contributed by atoms with Gasteiger partial charge in [0, 0.05) is 22.4 Å². The lowest BCUT2D eigenvalue weighted by atomic mass is 10.4. The van der Waals surface area contributed by atoms with E-state index in [9.17, 15) is 0 Å². The number of hydrogen-bond donors (Lipinski definition) is 1. The Balaban J connectivity index is 2.77. The number of aliphatic hydroxyl groups is 1. The summed E-state index contributed by atoms with van der Waals surface area (Å²) in [6.45, 7) is 0.222. The molecule has 0 aliphatic carbocycles. The van der Waals surface area contributed by atoms with Crippen molar-refractivity contribution in [2.24, 2.45) is 0 Å². The minimum Gasteiger partial charge on any atom is -0.396 e. The summed E-state index contributed by atoms with van der Waals surface area (Å²) in [4.78, 5) is 1.20. The molecule has 1 aromatic rings. The maximum absolute atomic E-state index is 8.60. The lowest BCUT2D eigenvalue weighted by Crippen LogP contribution is -1.84. The summed E-state index contributed by atoms with van der Waals surface area (Å²) in [5.41, 5.74) is 0. The summed E-state index contributed by atoms with van der Waals surface area (Å²) in [5.74, 6) is 0. The first-order valence-corrected chi connectivity index (χ1v) is 5.19. The molecule has 1 aromatic heterocycles. The van der Waals surface area contributed by atoms with Gasteiger partial charge in [0.05, 0.1) is 3.79 Å². The highest BCUT2D eigenvalue weighted by atomic mass is 79.9. The smallest absolute Gasteiger partial charge is 0.0843 e. The van der Waals surface area contributed by atoms with E-state index in [1.54, 1.807) is 11.3 Å². The lowest BCUT2D eigenvalue weighted by Gasteiger charge is -1.86. The van der Waals surface area contributed by atoms with E-state index in [1.165, 1.54) is 4.88 Å². The fraction of sp³-hybridized carbons (Fsp3) is 0.333. The van der Waals surface area contributed by atoms with Gasteiger partial charge in [-0.2, -0.15) is 0 Å². The van der Waals surface area contributed by atoms with Gasteiger partial charge < -0.3 is 5.11 Å². The van der Waals surface area contributed by atoms with Crippen LogP contribution in [-0.4, -0.2) is 11.7 Å². The van der Waals surface area contributed by atoms with E-state index >= 15 is 0 Å². The molecule has 0 spiro atoms. The molecular weight excluding hydrogens is 280 g/mol. The molecule has 0 radical (unpaired) electrons. The molecule has 0 atom stereocenters. The second kappa shape index (κ2) is 3.85. The Hall–Kier alpha value is 0.620. The summed E-state index contributed by atoms with van der Waals surface area (Å²) in [5, 5.41) is 8.60. The van der Waals surface area contributed by atoms with Crippen LogP contribution in [0.25, 0.3) is 0 Å². The second-order valence-electron chi connectivity index (χ2n) is 1.81. The molecule has 0 aliphatic heterocycles. The van der Waals surface area contributed by atoms with E-state index < -0.39 is 0 Å². The molecule has 0 amide bonds. The molecule has 0 bridgehead atoms. The van der Waals surface area contributed by atoms with Crippen molar-refractivity contribution < 1.29 is 5.11 Å². The van der Waals surface area contributed by atoms with Crippen LogP contribution < -0.4 is 0 Å². The van der Waals surface area contributed by atoms with Crippen LogP contribution in [0.5, 0.6) is 0 Å². The molecule has 1 nitrogen and oxygen atoms in total. The lowest BCUT2D eigenvalue weighted by molar-refractivity contribution is 0.300. The molecule has 0 aliphatic rings. The molecular formula is C6H6Br2OS. The highest BCUT2D eigenvalue weighted by Gasteiger charge is 2.02. The monoisotopic (exact) mass is 284 g/mol. The Morgan fingerprint density at radius 3 is 2.60 bits per heavy atom. The van der Waals surface area contributed by atoms with Gasteiger partial charge in [-0.3, -0.25) is 0 Å². The summed E-state index contributed by atoms with van der Waals surface area (Å²) in [6.07, 6.45) is 0.745. The van der Waals surface area contributed by atoms with Crippen molar-refractivity contribution in [1.29, 1.82) is 0 Å². The average Bonchev–Trinajstić information content (AvgIpc) is 2.14. The zero-order valence-electron chi connectivity index (χ0n) is 5.10. The third kappa shape index (κ3) is 2.05. The molecule has 0 aromatic carbocycles. The van der Waals surface area contributed by atoms with Crippen LogP contribution in [0.1, 0.15) is 4.88 Å². The maximum atomic E-state index is 8.60. The van der Waals surface area contributed by atoms with Crippen LogP contribution >= 0.6 is 43.2 Å². The fourth-order valence-electron chi connectivity index (χ4n) is 0.625. The third-order valence-corrected chi connectivity index (χ3v) is 4.37. The molecule has 1 heterocycles. The normalized spacial score (nSPS) is 10.3. The topological polar surface area (TPSA) is 20.2 Å². The number of aliphatic hydroxyl groups excluding tert-OH is 1. The van der Waals surface area contributed by atoms with E-state index in [1.807, 2.05) is 6.07 Å². The molecule has 0 unspecified atom stereocenters. The summed E-state index contributed by atoms with van der Waals surface area (Å²) in [6, 6.07) is 2.02. The van der Waals surface area contributed by atoms with Crippen molar-refractivity contribution in [1.82, 2.24) is 0 Å². The Labute approximate surface area is 80.3 Å². The zero-order chi connectivity index (χ0) is 7.56. The largest absolute Gasteiger partial charge is 0.396 e. The Kier molecular flexibility index (Phi) is 3.36. The van der Waals surface area contributed by atoms with E-state index in [0.29, 0.717) is 0 Å². The number of hydrogen-bond acceptors (Lipinski definition) is 2. The molecule has 10 heavy (non-hydrogen) atoms. The van der Waals surface area contributed by atoms with Crippen molar-refractivity contribution in [3.63, 3.8) is 0 Å². The number of rotatable bonds is 2. The first kappa shape index (κ1) is 8.71. The van der Waals surface area contributed by atoms with Crippen LogP contribution in [0.3, 0.4) is 0 Å². The highest BCUT2D eigenvalue weighted by Crippen LogP contribution is 2.32. The third-order valence-electron chi connectivity index (χ3n) is 1.05. The van der Waals surface area contributed by atoms with E-state index in [2.05, 4.69) is 31.9 Å². The molecule has 56 valence electrons. The fourth-order valence-corrected chi connectivity index (χ4v) is 2.79. The quantitative estimate of drug-likeness (QED) is 0.886. The van der Waals surface area contributed by atoms with Gasteiger partial charge in [-0.05, 0) is 37.9 Å². The SMILES string of the molecule is OCCc1cc(Br)c(Br)s1. The molecule has 0 saturated carbocycles. The van der Waals surface area contributed by atoms with Crippen molar-refractivity contribution >= 4 is 43.2 Å². The predicted octanol–water partition coefficient (Wildman–Crippen LogP) is 2.81. The summed E-state index contributed by atoms with van der Waals surface area (Å²) in [7, 11) is 0. The summed E-state index contributed by atoms with van der Waals surface area (Å²) >= 11 is 8.39. The van der Waals surface area contributed by atoms with Crippen LogP contribution in [0.15, 0.2) is 14.3 Å². The molecule has 1 N–H and O–H groups in total.